The highest BCUT2D eigenvalue weighted by atomic mass is 15.2. The Bertz CT molecular complexity index is 429. The first kappa shape index (κ1) is 15.4. The van der Waals surface area contributed by atoms with Gasteiger partial charge in [-0.3, -0.25) is 0 Å². The Labute approximate surface area is 124 Å². The SMILES string of the molecule is CCN(c1cccc(C)c1)C1(CN)CCCC(C)CC1. The van der Waals surface area contributed by atoms with E-state index in [0.717, 1.165) is 19.0 Å². The van der Waals surface area contributed by atoms with Crippen LogP contribution in [0.3, 0.4) is 0 Å². The topological polar surface area (TPSA) is 29.3 Å². The quantitative estimate of drug-likeness (QED) is 0.837. The number of likely N-dealkylation sites (N-methyl/N-ethyl adjacent to an activating group) is 1. The third-order valence-electron chi connectivity index (χ3n) is 5.02. The molecule has 2 atom stereocenters. The van der Waals surface area contributed by atoms with Crippen LogP contribution < -0.4 is 10.6 Å². The molecule has 0 heterocycles. The molecule has 2 rings (SSSR count). The molecule has 2 unspecified atom stereocenters. The fourth-order valence-electron chi connectivity index (χ4n) is 3.74. The van der Waals surface area contributed by atoms with Crippen LogP contribution in [0.1, 0.15) is 51.5 Å². The zero-order chi connectivity index (χ0) is 14.6. The average molecular weight is 274 g/mol. The minimum Gasteiger partial charge on any atom is -0.365 e. The lowest BCUT2D eigenvalue weighted by Crippen LogP contribution is -2.54. The van der Waals surface area contributed by atoms with Crippen molar-refractivity contribution in [1.82, 2.24) is 0 Å². The standard InChI is InChI=1S/C18H30N2/c1-4-20(17-9-5-7-16(3)13-17)18(14-19)11-6-8-15(2)10-12-18/h5,7,9,13,15H,4,6,8,10-12,14,19H2,1-3H3. The first-order chi connectivity index (χ1) is 9.61. The maximum atomic E-state index is 6.26. The van der Waals surface area contributed by atoms with E-state index in [9.17, 15) is 0 Å². The first-order valence-electron chi connectivity index (χ1n) is 8.15. The van der Waals surface area contributed by atoms with Crippen LogP contribution >= 0.6 is 0 Å². The van der Waals surface area contributed by atoms with Crippen molar-refractivity contribution in [2.75, 3.05) is 18.0 Å². The van der Waals surface area contributed by atoms with E-state index in [4.69, 9.17) is 5.73 Å². The van der Waals surface area contributed by atoms with Crippen molar-refractivity contribution in [3.8, 4) is 0 Å². The van der Waals surface area contributed by atoms with E-state index in [1.807, 2.05) is 0 Å². The number of nitrogens with zero attached hydrogens (tertiary/aromatic N) is 1. The van der Waals surface area contributed by atoms with E-state index in [2.05, 4.69) is 49.9 Å². The Balaban J connectivity index is 2.31. The summed E-state index contributed by atoms with van der Waals surface area (Å²) in [5, 5.41) is 0. The van der Waals surface area contributed by atoms with E-state index in [-0.39, 0.29) is 5.54 Å². The van der Waals surface area contributed by atoms with Crippen LogP contribution in [0.25, 0.3) is 0 Å². The lowest BCUT2D eigenvalue weighted by atomic mass is 9.87. The smallest absolute Gasteiger partial charge is 0.0524 e. The molecule has 2 heteroatoms. The highest BCUT2D eigenvalue weighted by molar-refractivity contribution is 5.51. The van der Waals surface area contributed by atoms with Crippen molar-refractivity contribution in [1.29, 1.82) is 0 Å². The molecule has 0 saturated heterocycles. The molecule has 0 aliphatic heterocycles. The van der Waals surface area contributed by atoms with Crippen molar-refractivity contribution in [3.05, 3.63) is 29.8 Å². The molecule has 0 bridgehead atoms. The van der Waals surface area contributed by atoms with Gasteiger partial charge in [0.2, 0.25) is 0 Å². The molecule has 20 heavy (non-hydrogen) atoms. The number of hydrogen-bond acceptors (Lipinski definition) is 2. The van der Waals surface area contributed by atoms with E-state index < -0.39 is 0 Å². The molecular weight excluding hydrogens is 244 g/mol. The van der Waals surface area contributed by atoms with Crippen molar-refractivity contribution < 1.29 is 0 Å². The minimum absolute atomic E-state index is 0.160. The lowest BCUT2D eigenvalue weighted by molar-refractivity contribution is 0.345. The van der Waals surface area contributed by atoms with E-state index in [1.54, 1.807) is 0 Å². The summed E-state index contributed by atoms with van der Waals surface area (Å²) >= 11 is 0. The number of benzene rings is 1. The fraction of sp³-hybridized carbons (Fsp3) is 0.667. The number of hydrogen-bond donors (Lipinski definition) is 1. The summed E-state index contributed by atoms with van der Waals surface area (Å²) < 4.78 is 0. The second-order valence-corrected chi connectivity index (χ2v) is 6.55. The Hall–Kier alpha value is -1.02. The monoisotopic (exact) mass is 274 g/mol. The maximum Gasteiger partial charge on any atom is 0.0524 e. The average Bonchev–Trinajstić information content (AvgIpc) is 2.63. The molecule has 0 aromatic heterocycles. The van der Waals surface area contributed by atoms with Crippen LogP contribution in [0.5, 0.6) is 0 Å². The van der Waals surface area contributed by atoms with Crippen LogP contribution in [0.2, 0.25) is 0 Å². The molecule has 112 valence electrons. The summed E-state index contributed by atoms with van der Waals surface area (Å²) in [6, 6.07) is 8.87. The van der Waals surface area contributed by atoms with Crippen molar-refractivity contribution in [2.45, 2.75) is 58.4 Å². The zero-order valence-electron chi connectivity index (χ0n) is 13.4. The predicted molar refractivity (Wildman–Crippen MR) is 88.2 cm³/mol. The van der Waals surface area contributed by atoms with Gasteiger partial charge in [0.25, 0.3) is 0 Å². The first-order valence-corrected chi connectivity index (χ1v) is 8.15. The van der Waals surface area contributed by atoms with Gasteiger partial charge in [0.15, 0.2) is 0 Å². The summed E-state index contributed by atoms with van der Waals surface area (Å²) in [5.74, 6) is 0.847. The summed E-state index contributed by atoms with van der Waals surface area (Å²) in [7, 11) is 0. The van der Waals surface area contributed by atoms with Gasteiger partial charge in [-0.1, -0.05) is 31.9 Å². The van der Waals surface area contributed by atoms with Crippen LogP contribution in [0.4, 0.5) is 5.69 Å². The van der Waals surface area contributed by atoms with Gasteiger partial charge in [0, 0.05) is 18.8 Å². The molecule has 1 fully saturated rings. The molecule has 0 spiro atoms. The molecule has 1 saturated carbocycles. The molecule has 2 N–H and O–H groups in total. The van der Waals surface area contributed by atoms with Gasteiger partial charge in [0.1, 0.15) is 0 Å². The molecule has 0 amide bonds. The van der Waals surface area contributed by atoms with Crippen LogP contribution in [0, 0.1) is 12.8 Å². The molecule has 0 radical (unpaired) electrons. The molecule has 1 aliphatic rings. The van der Waals surface area contributed by atoms with Gasteiger partial charge in [0.05, 0.1) is 5.54 Å². The number of anilines is 1. The Morgan fingerprint density at radius 1 is 1.30 bits per heavy atom. The highest BCUT2D eigenvalue weighted by Crippen LogP contribution is 2.37. The normalized spacial score (nSPS) is 27.1. The van der Waals surface area contributed by atoms with Crippen molar-refractivity contribution >= 4 is 5.69 Å². The number of nitrogens with two attached hydrogens (primary N) is 1. The molecular formula is C18H30N2. The zero-order valence-corrected chi connectivity index (χ0v) is 13.4. The number of aryl methyl sites for hydroxylation is 1. The summed E-state index contributed by atoms with van der Waals surface area (Å²) in [6.45, 7) is 8.61. The highest BCUT2D eigenvalue weighted by Gasteiger charge is 2.36. The summed E-state index contributed by atoms with van der Waals surface area (Å²) in [4.78, 5) is 2.57. The van der Waals surface area contributed by atoms with Crippen LogP contribution in [-0.4, -0.2) is 18.6 Å². The summed E-state index contributed by atoms with van der Waals surface area (Å²) in [5.41, 5.74) is 9.09. The summed E-state index contributed by atoms with van der Waals surface area (Å²) in [6.07, 6.45) is 6.43. The third kappa shape index (κ3) is 3.17. The second kappa shape index (κ2) is 6.62. The van der Waals surface area contributed by atoms with Gasteiger partial charge in [-0.2, -0.15) is 0 Å². The molecule has 2 nitrogen and oxygen atoms in total. The second-order valence-electron chi connectivity index (χ2n) is 6.55. The van der Waals surface area contributed by atoms with E-state index in [1.165, 1.54) is 43.4 Å². The van der Waals surface area contributed by atoms with E-state index in [0.29, 0.717) is 0 Å². The largest absolute Gasteiger partial charge is 0.365 e. The van der Waals surface area contributed by atoms with Crippen LogP contribution in [0.15, 0.2) is 24.3 Å². The van der Waals surface area contributed by atoms with Gasteiger partial charge in [-0.15, -0.1) is 0 Å². The van der Waals surface area contributed by atoms with Crippen LogP contribution in [-0.2, 0) is 0 Å². The van der Waals surface area contributed by atoms with Gasteiger partial charge in [-0.25, -0.2) is 0 Å². The van der Waals surface area contributed by atoms with Crippen molar-refractivity contribution in [3.63, 3.8) is 0 Å². The molecule has 1 aliphatic carbocycles. The number of rotatable bonds is 4. The molecule has 1 aromatic carbocycles. The van der Waals surface area contributed by atoms with Gasteiger partial charge >= 0.3 is 0 Å². The third-order valence-corrected chi connectivity index (χ3v) is 5.02. The Morgan fingerprint density at radius 3 is 2.75 bits per heavy atom. The predicted octanol–water partition coefficient (Wildman–Crippen LogP) is 4.12. The Morgan fingerprint density at radius 2 is 2.10 bits per heavy atom. The fourth-order valence-corrected chi connectivity index (χ4v) is 3.74. The van der Waals surface area contributed by atoms with E-state index >= 15 is 0 Å². The van der Waals surface area contributed by atoms with Gasteiger partial charge < -0.3 is 10.6 Å². The van der Waals surface area contributed by atoms with Gasteiger partial charge in [-0.05, 0) is 56.7 Å². The lowest BCUT2D eigenvalue weighted by Gasteiger charge is -2.44. The Kier molecular flexibility index (Phi) is 5.09. The molecule has 1 aromatic rings. The minimum atomic E-state index is 0.160. The maximum absolute atomic E-state index is 6.26. The van der Waals surface area contributed by atoms with Crippen molar-refractivity contribution in [2.24, 2.45) is 11.7 Å².